The molecule has 2 N–H and O–H groups in total. The van der Waals surface area contributed by atoms with Crippen LogP contribution in [0.25, 0.3) is 0 Å². The molecule has 0 saturated carbocycles. The summed E-state index contributed by atoms with van der Waals surface area (Å²) >= 11 is 0. The van der Waals surface area contributed by atoms with Crippen LogP contribution in [0, 0.1) is 0 Å². The quantitative estimate of drug-likeness (QED) is 0.416. The first kappa shape index (κ1) is 18.7. The summed E-state index contributed by atoms with van der Waals surface area (Å²) in [4.78, 5) is 4.25. The minimum absolute atomic E-state index is 0.761. The minimum atomic E-state index is 0.761. The Bertz CT molecular complexity index is 653. The molecule has 25 heavy (non-hydrogen) atoms. The summed E-state index contributed by atoms with van der Waals surface area (Å²) < 4.78 is 12.7. The number of hydrogen-bond donors (Lipinski definition) is 2. The van der Waals surface area contributed by atoms with E-state index in [1.807, 2.05) is 24.3 Å². The molecule has 0 aliphatic carbocycles. The molecule has 1 aromatic carbocycles. The second kappa shape index (κ2) is 10.3. The number of nitrogens with zero attached hydrogens (tertiary/aromatic N) is 2. The lowest BCUT2D eigenvalue weighted by atomic mass is 10.1. The van der Waals surface area contributed by atoms with Crippen molar-refractivity contribution in [2.45, 2.75) is 19.4 Å². The lowest BCUT2D eigenvalue weighted by Crippen LogP contribution is -2.39. The average molecular weight is 344 g/mol. The number of aromatic nitrogens is 1. The van der Waals surface area contributed by atoms with Gasteiger partial charge in [0, 0.05) is 39.1 Å². The molecule has 0 amide bonds. The zero-order valence-electron chi connectivity index (χ0n) is 15.3. The summed E-state index contributed by atoms with van der Waals surface area (Å²) in [5, 5.41) is 6.67. The van der Waals surface area contributed by atoms with Crippen molar-refractivity contribution in [3.63, 3.8) is 0 Å². The molecule has 0 radical (unpaired) electrons. The fourth-order valence-corrected chi connectivity index (χ4v) is 2.58. The van der Waals surface area contributed by atoms with Gasteiger partial charge < -0.3 is 24.7 Å². The first-order valence-corrected chi connectivity index (χ1v) is 8.53. The SMILES string of the molecule is CN=C(NCCCc1ccc(OC)c(OC)c1)NCCn1cccc1. The monoisotopic (exact) mass is 344 g/mol. The van der Waals surface area contributed by atoms with Gasteiger partial charge in [0.2, 0.25) is 0 Å². The Morgan fingerprint density at radius 1 is 1.04 bits per heavy atom. The van der Waals surface area contributed by atoms with Gasteiger partial charge >= 0.3 is 0 Å². The fraction of sp³-hybridized carbons (Fsp3) is 0.421. The number of methoxy groups -OCH3 is 2. The van der Waals surface area contributed by atoms with E-state index in [4.69, 9.17) is 9.47 Å². The van der Waals surface area contributed by atoms with Gasteiger partial charge in [-0.2, -0.15) is 0 Å². The highest BCUT2D eigenvalue weighted by molar-refractivity contribution is 5.79. The van der Waals surface area contributed by atoms with Gasteiger partial charge in [0.1, 0.15) is 0 Å². The van der Waals surface area contributed by atoms with Crippen LogP contribution in [-0.2, 0) is 13.0 Å². The maximum atomic E-state index is 5.34. The number of nitrogens with one attached hydrogen (secondary N) is 2. The largest absolute Gasteiger partial charge is 0.493 e. The number of hydrogen-bond acceptors (Lipinski definition) is 3. The van der Waals surface area contributed by atoms with Crippen LogP contribution in [0.1, 0.15) is 12.0 Å². The molecule has 2 aromatic rings. The highest BCUT2D eigenvalue weighted by atomic mass is 16.5. The maximum absolute atomic E-state index is 5.34. The molecule has 0 saturated heterocycles. The summed E-state index contributed by atoms with van der Waals surface area (Å²) in [5.41, 5.74) is 1.23. The van der Waals surface area contributed by atoms with E-state index in [-0.39, 0.29) is 0 Å². The minimum Gasteiger partial charge on any atom is -0.493 e. The van der Waals surface area contributed by atoms with Crippen molar-refractivity contribution in [2.75, 3.05) is 34.4 Å². The van der Waals surface area contributed by atoms with Crippen LogP contribution in [0.3, 0.4) is 0 Å². The molecule has 6 heteroatoms. The first-order chi connectivity index (χ1) is 12.3. The molecule has 0 unspecified atom stereocenters. The second-order valence-corrected chi connectivity index (χ2v) is 5.64. The molecule has 136 valence electrons. The molecule has 0 atom stereocenters. The Kier molecular flexibility index (Phi) is 7.69. The van der Waals surface area contributed by atoms with E-state index in [0.29, 0.717) is 0 Å². The summed E-state index contributed by atoms with van der Waals surface area (Å²) in [6.07, 6.45) is 6.09. The van der Waals surface area contributed by atoms with Gasteiger partial charge in [-0.15, -0.1) is 0 Å². The third-order valence-corrected chi connectivity index (χ3v) is 3.93. The van der Waals surface area contributed by atoms with Crippen LogP contribution in [0.15, 0.2) is 47.7 Å². The highest BCUT2D eigenvalue weighted by Gasteiger charge is 2.04. The summed E-state index contributed by atoms with van der Waals surface area (Å²) in [6.45, 7) is 2.61. The van der Waals surface area contributed by atoms with Gasteiger partial charge in [-0.3, -0.25) is 4.99 Å². The van der Waals surface area contributed by atoms with Crippen LogP contribution < -0.4 is 20.1 Å². The van der Waals surface area contributed by atoms with Crippen LogP contribution >= 0.6 is 0 Å². The molecule has 1 aromatic heterocycles. The van der Waals surface area contributed by atoms with E-state index in [2.05, 4.69) is 38.7 Å². The van der Waals surface area contributed by atoms with Crippen molar-refractivity contribution in [3.8, 4) is 11.5 Å². The van der Waals surface area contributed by atoms with Crippen molar-refractivity contribution < 1.29 is 9.47 Å². The molecule has 6 nitrogen and oxygen atoms in total. The Morgan fingerprint density at radius 3 is 2.44 bits per heavy atom. The molecule has 1 heterocycles. The molecule has 0 bridgehead atoms. The van der Waals surface area contributed by atoms with Crippen molar-refractivity contribution in [1.82, 2.24) is 15.2 Å². The predicted octanol–water partition coefficient (Wildman–Crippen LogP) is 2.30. The van der Waals surface area contributed by atoms with Gasteiger partial charge in [-0.1, -0.05) is 6.07 Å². The lowest BCUT2D eigenvalue weighted by molar-refractivity contribution is 0.354. The third-order valence-electron chi connectivity index (χ3n) is 3.93. The summed E-state index contributed by atoms with van der Waals surface area (Å²) in [7, 11) is 5.10. The van der Waals surface area contributed by atoms with Crippen LogP contribution in [0.5, 0.6) is 11.5 Å². The van der Waals surface area contributed by atoms with E-state index in [1.54, 1.807) is 21.3 Å². The predicted molar refractivity (Wildman–Crippen MR) is 102 cm³/mol. The Balaban J connectivity index is 1.68. The van der Waals surface area contributed by atoms with E-state index in [1.165, 1.54) is 5.56 Å². The van der Waals surface area contributed by atoms with E-state index >= 15 is 0 Å². The third kappa shape index (κ3) is 6.06. The Morgan fingerprint density at radius 2 is 1.76 bits per heavy atom. The zero-order chi connectivity index (χ0) is 17.9. The second-order valence-electron chi connectivity index (χ2n) is 5.64. The molecule has 0 aliphatic heterocycles. The standard InChI is InChI=1S/C19H28N4O2/c1-20-19(22-11-14-23-12-4-5-13-23)21-10-6-7-16-8-9-17(24-2)18(15-16)25-3/h4-5,8-9,12-13,15H,6-7,10-11,14H2,1-3H3,(H2,20,21,22). The number of ether oxygens (including phenoxy) is 2. The van der Waals surface area contributed by atoms with Crippen molar-refractivity contribution in [1.29, 1.82) is 0 Å². The Hall–Kier alpha value is -2.63. The highest BCUT2D eigenvalue weighted by Crippen LogP contribution is 2.27. The Labute approximate surface area is 149 Å². The number of aryl methyl sites for hydroxylation is 1. The molecule has 0 spiro atoms. The molecule has 0 aliphatic rings. The fourth-order valence-electron chi connectivity index (χ4n) is 2.58. The maximum Gasteiger partial charge on any atom is 0.191 e. The zero-order valence-corrected chi connectivity index (χ0v) is 15.3. The van der Waals surface area contributed by atoms with Crippen LogP contribution in [0.4, 0.5) is 0 Å². The topological polar surface area (TPSA) is 59.8 Å². The van der Waals surface area contributed by atoms with Gasteiger partial charge in [0.15, 0.2) is 17.5 Å². The molecular formula is C19H28N4O2. The molecular weight excluding hydrogens is 316 g/mol. The summed E-state index contributed by atoms with van der Waals surface area (Å²) in [5.74, 6) is 2.37. The molecule has 0 fully saturated rings. The smallest absolute Gasteiger partial charge is 0.191 e. The van der Waals surface area contributed by atoms with Gasteiger partial charge in [0.05, 0.1) is 14.2 Å². The van der Waals surface area contributed by atoms with Gasteiger partial charge in [0.25, 0.3) is 0 Å². The van der Waals surface area contributed by atoms with Crippen LogP contribution in [-0.4, -0.2) is 44.9 Å². The average Bonchev–Trinajstić information content (AvgIpc) is 3.16. The van der Waals surface area contributed by atoms with Crippen molar-refractivity contribution >= 4 is 5.96 Å². The van der Waals surface area contributed by atoms with Gasteiger partial charge in [-0.05, 0) is 42.7 Å². The number of benzene rings is 1. The van der Waals surface area contributed by atoms with Crippen LogP contribution in [0.2, 0.25) is 0 Å². The van der Waals surface area contributed by atoms with Gasteiger partial charge in [-0.25, -0.2) is 0 Å². The lowest BCUT2D eigenvalue weighted by Gasteiger charge is -2.13. The van der Waals surface area contributed by atoms with Crippen molar-refractivity contribution in [3.05, 3.63) is 48.3 Å². The molecule has 2 rings (SSSR count). The normalized spacial score (nSPS) is 11.2. The first-order valence-electron chi connectivity index (χ1n) is 8.53. The van der Waals surface area contributed by atoms with E-state index in [0.717, 1.165) is 49.9 Å². The van der Waals surface area contributed by atoms with Crippen molar-refractivity contribution in [2.24, 2.45) is 4.99 Å². The number of guanidine groups is 1. The summed E-state index contributed by atoms with van der Waals surface area (Å²) in [6, 6.07) is 10.1. The van der Waals surface area contributed by atoms with E-state index < -0.39 is 0 Å². The number of rotatable bonds is 9. The number of aliphatic imine (C=N–C) groups is 1. The van der Waals surface area contributed by atoms with E-state index in [9.17, 15) is 0 Å².